The van der Waals surface area contributed by atoms with E-state index >= 15 is 0 Å². The molecule has 2 rings (SSSR count). The van der Waals surface area contributed by atoms with Crippen LogP contribution in [0.2, 0.25) is 0 Å². The third kappa shape index (κ3) is 6.46. The number of nitrogens with two attached hydrogens (primary N) is 1. The topological polar surface area (TPSA) is 80.5 Å². The van der Waals surface area contributed by atoms with Crippen molar-refractivity contribution in [2.24, 2.45) is 5.73 Å². The van der Waals surface area contributed by atoms with E-state index < -0.39 is 0 Å². The number of benzene rings is 1. The first-order chi connectivity index (χ1) is 11.5. The molecule has 1 unspecified atom stereocenters. The molecule has 1 aromatic heterocycles. The molecular weight excluding hydrogens is 375 g/mol. The summed E-state index contributed by atoms with van der Waals surface area (Å²) in [7, 11) is 5.61. The van der Waals surface area contributed by atoms with Crippen molar-refractivity contribution in [3.8, 4) is 5.75 Å². The van der Waals surface area contributed by atoms with Crippen LogP contribution >= 0.6 is 24.8 Å². The Morgan fingerprint density at radius 1 is 1.27 bits per heavy atom. The fourth-order valence-electron chi connectivity index (χ4n) is 2.47. The Balaban J connectivity index is 0.00000312. The monoisotopic (exact) mass is 400 g/mol. The molecule has 0 aliphatic rings. The van der Waals surface area contributed by atoms with E-state index in [0.717, 1.165) is 11.3 Å². The highest BCUT2D eigenvalue weighted by Gasteiger charge is 2.16. The van der Waals surface area contributed by atoms with Crippen LogP contribution in [0.15, 0.2) is 42.6 Å². The standard InChI is InChI=1S/C18H24N4O2.2ClH/c1-22(2)17(13-5-4-6-16(10-13)24-3)12-21-18(23)14-7-8-20-15(9-14)11-19;;/h4-10,17H,11-12,19H2,1-3H3,(H,21,23);2*1H. The van der Waals surface area contributed by atoms with Gasteiger partial charge < -0.3 is 20.7 Å². The molecule has 1 amide bonds. The molecule has 1 atom stereocenters. The Hall–Kier alpha value is -1.86. The summed E-state index contributed by atoms with van der Waals surface area (Å²) < 4.78 is 5.28. The minimum Gasteiger partial charge on any atom is -0.497 e. The molecule has 0 aliphatic heterocycles. The van der Waals surface area contributed by atoms with Gasteiger partial charge in [0, 0.05) is 24.8 Å². The van der Waals surface area contributed by atoms with Crippen LogP contribution in [0.5, 0.6) is 5.75 Å². The molecule has 3 N–H and O–H groups in total. The van der Waals surface area contributed by atoms with Crippen molar-refractivity contribution in [2.75, 3.05) is 27.7 Å². The van der Waals surface area contributed by atoms with E-state index in [2.05, 4.69) is 15.2 Å². The maximum atomic E-state index is 12.4. The van der Waals surface area contributed by atoms with Gasteiger partial charge in [-0.15, -0.1) is 24.8 Å². The van der Waals surface area contributed by atoms with Crippen LogP contribution in [0.1, 0.15) is 27.7 Å². The number of carbonyl (C=O) groups excluding carboxylic acids is 1. The third-order valence-electron chi connectivity index (χ3n) is 3.85. The van der Waals surface area contributed by atoms with Crippen LogP contribution in [-0.4, -0.2) is 43.5 Å². The van der Waals surface area contributed by atoms with Crippen molar-refractivity contribution in [1.29, 1.82) is 0 Å². The highest BCUT2D eigenvalue weighted by Crippen LogP contribution is 2.22. The molecular formula is C18H26Cl2N4O2. The molecule has 1 aromatic carbocycles. The molecule has 0 saturated carbocycles. The zero-order valence-electron chi connectivity index (χ0n) is 15.1. The first kappa shape index (κ1) is 24.1. The summed E-state index contributed by atoms with van der Waals surface area (Å²) in [6, 6.07) is 11.3. The molecule has 2 aromatic rings. The van der Waals surface area contributed by atoms with Crippen molar-refractivity contribution in [2.45, 2.75) is 12.6 Å². The minimum atomic E-state index is -0.137. The molecule has 0 spiro atoms. The predicted octanol–water partition coefficient (Wildman–Crippen LogP) is 2.43. The number of aromatic nitrogens is 1. The Morgan fingerprint density at radius 2 is 2.00 bits per heavy atom. The SMILES string of the molecule is COc1cccc(C(CNC(=O)c2ccnc(CN)c2)N(C)C)c1.Cl.Cl. The molecule has 0 saturated heterocycles. The van der Waals surface area contributed by atoms with Gasteiger partial charge in [-0.3, -0.25) is 9.78 Å². The number of rotatable bonds is 7. The predicted molar refractivity (Wildman–Crippen MR) is 108 cm³/mol. The lowest BCUT2D eigenvalue weighted by atomic mass is 10.1. The number of likely N-dealkylation sites (N-methyl/N-ethyl adjacent to an activating group) is 1. The second kappa shape index (κ2) is 11.7. The number of methoxy groups -OCH3 is 1. The molecule has 26 heavy (non-hydrogen) atoms. The van der Waals surface area contributed by atoms with Gasteiger partial charge in [0.2, 0.25) is 0 Å². The van der Waals surface area contributed by atoms with Crippen LogP contribution in [-0.2, 0) is 6.54 Å². The fourth-order valence-corrected chi connectivity index (χ4v) is 2.47. The molecule has 0 radical (unpaired) electrons. The fraction of sp³-hybridized carbons (Fsp3) is 0.333. The number of carbonyl (C=O) groups is 1. The van der Waals surface area contributed by atoms with Crippen LogP contribution < -0.4 is 15.8 Å². The number of nitrogens with zero attached hydrogens (tertiary/aromatic N) is 2. The van der Waals surface area contributed by atoms with E-state index in [9.17, 15) is 4.79 Å². The maximum absolute atomic E-state index is 12.4. The quantitative estimate of drug-likeness (QED) is 0.745. The van der Waals surface area contributed by atoms with E-state index in [1.807, 2.05) is 38.4 Å². The number of hydrogen-bond donors (Lipinski definition) is 2. The maximum Gasteiger partial charge on any atom is 0.251 e. The first-order valence-corrected chi connectivity index (χ1v) is 7.78. The Labute approximate surface area is 166 Å². The first-order valence-electron chi connectivity index (χ1n) is 7.78. The molecule has 0 bridgehead atoms. The number of amides is 1. The number of halogens is 2. The summed E-state index contributed by atoms with van der Waals surface area (Å²) in [6.07, 6.45) is 1.60. The summed E-state index contributed by atoms with van der Waals surface area (Å²) in [6.45, 7) is 0.796. The zero-order valence-corrected chi connectivity index (χ0v) is 16.8. The number of nitrogens with one attached hydrogen (secondary N) is 1. The van der Waals surface area contributed by atoms with Gasteiger partial charge in [-0.25, -0.2) is 0 Å². The van der Waals surface area contributed by atoms with Crippen molar-refractivity contribution in [3.63, 3.8) is 0 Å². The van der Waals surface area contributed by atoms with E-state index in [4.69, 9.17) is 10.5 Å². The van der Waals surface area contributed by atoms with E-state index in [0.29, 0.717) is 24.3 Å². The lowest BCUT2D eigenvalue weighted by Crippen LogP contribution is -2.34. The van der Waals surface area contributed by atoms with Crippen LogP contribution in [0.3, 0.4) is 0 Å². The van der Waals surface area contributed by atoms with Crippen molar-refractivity contribution >= 4 is 30.7 Å². The van der Waals surface area contributed by atoms with Crippen molar-refractivity contribution in [1.82, 2.24) is 15.2 Å². The normalized spacial score (nSPS) is 11.1. The summed E-state index contributed by atoms with van der Waals surface area (Å²) >= 11 is 0. The van der Waals surface area contributed by atoms with Crippen LogP contribution in [0.25, 0.3) is 0 Å². The van der Waals surface area contributed by atoms with E-state index in [1.54, 1.807) is 25.4 Å². The van der Waals surface area contributed by atoms with Crippen molar-refractivity contribution < 1.29 is 9.53 Å². The molecule has 1 heterocycles. The van der Waals surface area contributed by atoms with Gasteiger partial charge in [0.05, 0.1) is 18.8 Å². The Kier molecular flexibility index (Phi) is 10.9. The van der Waals surface area contributed by atoms with Gasteiger partial charge in [0.15, 0.2) is 0 Å². The molecule has 0 fully saturated rings. The van der Waals surface area contributed by atoms with Crippen molar-refractivity contribution in [3.05, 3.63) is 59.4 Å². The molecule has 0 aliphatic carbocycles. The van der Waals surface area contributed by atoms with Gasteiger partial charge in [-0.2, -0.15) is 0 Å². The van der Waals surface area contributed by atoms with Gasteiger partial charge >= 0.3 is 0 Å². The largest absolute Gasteiger partial charge is 0.497 e. The molecule has 6 nitrogen and oxygen atoms in total. The molecule has 8 heteroatoms. The van der Waals surface area contributed by atoms with Crippen LogP contribution in [0.4, 0.5) is 0 Å². The van der Waals surface area contributed by atoms with Gasteiger partial charge in [0.25, 0.3) is 5.91 Å². The lowest BCUT2D eigenvalue weighted by Gasteiger charge is -2.25. The second-order valence-corrected chi connectivity index (χ2v) is 5.71. The molecule has 144 valence electrons. The van der Waals surface area contributed by atoms with Crippen LogP contribution in [0, 0.1) is 0 Å². The smallest absolute Gasteiger partial charge is 0.251 e. The average molecular weight is 401 g/mol. The van der Waals surface area contributed by atoms with Gasteiger partial charge in [0.1, 0.15) is 5.75 Å². The summed E-state index contributed by atoms with van der Waals surface area (Å²) in [5, 5.41) is 2.98. The summed E-state index contributed by atoms with van der Waals surface area (Å²) in [5.74, 6) is 0.661. The average Bonchev–Trinajstić information content (AvgIpc) is 2.61. The third-order valence-corrected chi connectivity index (χ3v) is 3.85. The second-order valence-electron chi connectivity index (χ2n) is 5.71. The van der Waals surface area contributed by atoms with Gasteiger partial charge in [-0.1, -0.05) is 12.1 Å². The Morgan fingerprint density at radius 3 is 2.62 bits per heavy atom. The van der Waals surface area contributed by atoms with E-state index in [1.165, 1.54) is 0 Å². The van der Waals surface area contributed by atoms with Gasteiger partial charge in [-0.05, 0) is 43.9 Å². The number of pyridine rings is 1. The van der Waals surface area contributed by atoms with E-state index in [-0.39, 0.29) is 36.8 Å². The number of hydrogen-bond acceptors (Lipinski definition) is 5. The Bertz CT molecular complexity index is 698. The lowest BCUT2D eigenvalue weighted by molar-refractivity contribution is 0.0941. The number of ether oxygens (including phenoxy) is 1. The minimum absolute atomic E-state index is 0. The summed E-state index contributed by atoms with van der Waals surface area (Å²) in [4.78, 5) is 18.5. The highest BCUT2D eigenvalue weighted by molar-refractivity contribution is 5.94. The zero-order chi connectivity index (χ0) is 17.5. The highest BCUT2D eigenvalue weighted by atomic mass is 35.5. The summed E-state index contributed by atoms with van der Waals surface area (Å²) in [5.41, 5.74) is 7.91.